The topological polar surface area (TPSA) is 85.8 Å². The number of nitrogens with zero attached hydrogens (tertiary/aromatic N) is 3. The van der Waals surface area contributed by atoms with Crippen molar-refractivity contribution in [1.29, 1.82) is 0 Å². The standard InChI is InChI=1S/C21H19N5O.C2H6/c1-14-5-7-15(8-6-14)13-24-20(27)17-3-2-4-18-16(17)10-12-26(18)19-9-11-23-21(22)25-19;1-2/h2-12H,13H2,1H3,(H,24,27)(H2,22,23,25);1-2H3. The van der Waals surface area contributed by atoms with Gasteiger partial charge in [-0.15, -0.1) is 0 Å². The molecule has 2 aromatic carbocycles. The third kappa shape index (κ3) is 4.43. The van der Waals surface area contributed by atoms with Crippen LogP contribution in [-0.4, -0.2) is 20.4 Å². The quantitative estimate of drug-likeness (QED) is 0.548. The highest BCUT2D eigenvalue weighted by Crippen LogP contribution is 2.23. The maximum absolute atomic E-state index is 12.7. The van der Waals surface area contributed by atoms with Gasteiger partial charge in [0.2, 0.25) is 5.95 Å². The van der Waals surface area contributed by atoms with Crippen LogP contribution in [-0.2, 0) is 6.54 Å². The van der Waals surface area contributed by atoms with Gasteiger partial charge in [-0.3, -0.25) is 4.79 Å². The number of carbonyl (C=O) groups excluding carboxylic acids is 1. The lowest BCUT2D eigenvalue weighted by Gasteiger charge is -2.08. The van der Waals surface area contributed by atoms with E-state index in [0.29, 0.717) is 17.9 Å². The lowest BCUT2D eigenvalue weighted by Crippen LogP contribution is -2.22. The number of aromatic nitrogens is 3. The number of hydrogen-bond donors (Lipinski definition) is 2. The predicted molar refractivity (Wildman–Crippen MR) is 117 cm³/mol. The lowest BCUT2D eigenvalue weighted by molar-refractivity contribution is 0.0952. The number of nitrogen functional groups attached to an aromatic ring is 1. The number of nitrogens with one attached hydrogen (secondary N) is 1. The Hall–Kier alpha value is -3.67. The number of anilines is 1. The molecule has 0 saturated heterocycles. The SMILES string of the molecule is CC.Cc1ccc(CNC(=O)c2cccc3c2ccn3-c2ccnc(N)n2)cc1. The van der Waals surface area contributed by atoms with E-state index in [1.54, 1.807) is 12.3 Å². The van der Waals surface area contributed by atoms with E-state index >= 15 is 0 Å². The molecule has 0 spiro atoms. The molecular weight excluding hydrogens is 362 g/mol. The van der Waals surface area contributed by atoms with Crippen molar-refractivity contribution in [2.75, 3.05) is 5.73 Å². The fraction of sp³-hybridized carbons (Fsp3) is 0.174. The summed E-state index contributed by atoms with van der Waals surface area (Å²) in [7, 11) is 0. The summed E-state index contributed by atoms with van der Waals surface area (Å²) in [6, 6.07) is 17.4. The van der Waals surface area contributed by atoms with Gasteiger partial charge < -0.3 is 15.6 Å². The van der Waals surface area contributed by atoms with Crippen LogP contribution in [0.5, 0.6) is 0 Å². The van der Waals surface area contributed by atoms with Crippen LogP contribution in [0, 0.1) is 6.92 Å². The summed E-state index contributed by atoms with van der Waals surface area (Å²) in [4.78, 5) is 20.9. The molecule has 2 aromatic heterocycles. The Morgan fingerprint density at radius 2 is 1.83 bits per heavy atom. The van der Waals surface area contributed by atoms with Gasteiger partial charge in [0, 0.05) is 29.9 Å². The van der Waals surface area contributed by atoms with Gasteiger partial charge in [0.05, 0.1) is 5.52 Å². The Balaban J connectivity index is 0.00000117. The zero-order valence-corrected chi connectivity index (χ0v) is 16.9. The number of aryl methyl sites for hydroxylation is 1. The Morgan fingerprint density at radius 1 is 1.07 bits per heavy atom. The lowest BCUT2D eigenvalue weighted by atomic mass is 10.1. The summed E-state index contributed by atoms with van der Waals surface area (Å²) in [6.45, 7) is 6.53. The second-order valence-corrected chi connectivity index (χ2v) is 6.37. The van der Waals surface area contributed by atoms with Crippen LogP contribution >= 0.6 is 0 Å². The number of carbonyl (C=O) groups is 1. The van der Waals surface area contributed by atoms with Gasteiger partial charge in [-0.05, 0) is 36.8 Å². The van der Waals surface area contributed by atoms with E-state index in [9.17, 15) is 4.79 Å². The summed E-state index contributed by atoms with van der Waals surface area (Å²) in [5, 5.41) is 3.85. The van der Waals surface area contributed by atoms with Crippen molar-refractivity contribution >= 4 is 22.8 Å². The molecule has 0 atom stereocenters. The smallest absolute Gasteiger partial charge is 0.252 e. The van der Waals surface area contributed by atoms with Gasteiger partial charge in [-0.25, -0.2) is 4.98 Å². The predicted octanol–water partition coefficient (Wildman–Crippen LogP) is 4.27. The zero-order valence-electron chi connectivity index (χ0n) is 16.9. The first-order valence-electron chi connectivity index (χ1n) is 9.64. The van der Waals surface area contributed by atoms with Crippen LogP contribution in [0.15, 0.2) is 67.0 Å². The molecule has 0 radical (unpaired) electrons. The number of hydrogen-bond acceptors (Lipinski definition) is 4. The number of fused-ring (bicyclic) bond motifs is 1. The van der Waals surface area contributed by atoms with Gasteiger partial charge >= 0.3 is 0 Å². The molecule has 0 unspecified atom stereocenters. The average molecular weight is 387 g/mol. The molecule has 0 bridgehead atoms. The van der Waals surface area contributed by atoms with Crippen molar-refractivity contribution in [3.8, 4) is 5.82 Å². The molecule has 0 aliphatic carbocycles. The first kappa shape index (κ1) is 20.1. The molecule has 6 nitrogen and oxygen atoms in total. The van der Waals surface area contributed by atoms with E-state index < -0.39 is 0 Å². The van der Waals surface area contributed by atoms with Crippen molar-refractivity contribution in [3.05, 3.63) is 83.7 Å². The van der Waals surface area contributed by atoms with Crippen LogP contribution in [0.3, 0.4) is 0 Å². The molecule has 2 heterocycles. The van der Waals surface area contributed by atoms with E-state index in [4.69, 9.17) is 5.73 Å². The average Bonchev–Trinajstić information content (AvgIpc) is 3.19. The number of rotatable bonds is 4. The first-order valence-corrected chi connectivity index (χ1v) is 9.64. The van der Waals surface area contributed by atoms with E-state index in [0.717, 1.165) is 16.5 Å². The highest BCUT2D eigenvalue weighted by atomic mass is 16.1. The van der Waals surface area contributed by atoms with Crippen LogP contribution in [0.4, 0.5) is 5.95 Å². The molecule has 0 aliphatic rings. The molecule has 29 heavy (non-hydrogen) atoms. The molecule has 148 valence electrons. The molecule has 0 saturated carbocycles. The Morgan fingerprint density at radius 3 is 2.55 bits per heavy atom. The minimum absolute atomic E-state index is 0.110. The molecule has 0 fully saturated rings. The van der Waals surface area contributed by atoms with E-state index in [1.165, 1.54) is 5.56 Å². The largest absolute Gasteiger partial charge is 0.368 e. The maximum Gasteiger partial charge on any atom is 0.252 e. The minimum atomic E-state index is -0.110. The molecule has 4 aromatic rings. The summed E-state index contributed by atoms with van der Waals surface area (Å²) in [6.07, 6.45) is 3.49. The van der Waals surface area contributed by atoms with Crippen molar-refractivity contribution in [2.24, 2.45) is 0 Å². The summed E-state index contributed by atoms with van der Waals surface area (Å²) in [5.74, 6) is 0.761. The molecule has 1 amide bonds. The normalized spacial score (nSPS) is 10.3. The Bertz CT molecular complexity index is 1120. The fourth-order valence-corrected chi connectivity index (χ4v) is 3.05. The van der Waals surface area contributed by atoms with E-state index in [-0.39, 0.29) is 11.9 Å². The minimum Gasteiger partial charge on any atom is -0.368 e. The Kier molecular flexibility index (Phi) is 6.24. The monoisotopic (exact) mass is 387 g/mol. The third-order valence-corrected chi connectivity index (χ3v) is 4.46. The first-order chi connectivity index (χ1) is 14.1. The molecule has 6 heteroatoms. The number of benzene rings is 2. The fourth-order valence-electron chi connectivity index (χ4n) is 3.05. The summed E-state index contributed by atoms with van der Waals surface area (Å²) < 4.78 is 1.89. The van der Waals surface area contributed by atoms with Crippen molar-refractivity contribution in [3.63, 3.8) is 0 Å². The van der Waals surface area contributed by atoms with Gasteiger partial charge in [-0.2, -0.15) is 4.98 Å². The van der Waals surface area contributed by atoms with Crippen molar-refractivity contribution in [2.45, 2.75) is 27.3 Å². The second-order valence-electron chi connectivity index (χ2n) is 6.37. The number of amides is 1. The number of nitrogens with two attached hydrogens (primary N) is 1. The second kappa shape index (κ2) is 9.01. The van der Waals surface area contributed by atoms with Gasteiger partial charge in [0.25, 0.3) is 5.91 Å². The molecular formula is C23H25N5O. The van der Waals surface area contributed by atoms with Crippen LogP contribution in [0.2, 0.25) is 0 Å². The third-order valence-electron chi connectivity index (χ3n) is 4.46. The summed E-state index contributed by atoms with van der Waals surface area (Å²) in [5.41, 5.74) is 9.46. The molecule has 3 N–H and O–H groups in total. The van der Waals surface area contributed by atoms with Crippen LogP contribution in [0.1, 0.15) is 35.3 Å². The van der Waals surface area contributed by atoms with Crippen LogP contribution < -0.4 is 11.1 Å². The van der Waals surface area contributed by atoms with Crippen molar-refractivity contribution < 1.29 is 4.79 Å². The highest BCUT2D eigenvalue weighted by Gasteiger charge is 2.13. The van der Waals surface area contributed by atoms with Crippen LogP contribution in [0.25, 0.3) is 16.7 Å². The zero-order chi connectivity index (χ0) is 20.8. The summed E-state index contributed by atoms with van der Waals surface area (Å²) >= 11 is 0. The van der Waals surface area contributed by atoms with E-state index in [2.05, 4.69) is 15.3 Å². The Labute approximate surface area is 170 Å². The highest BCUT2D eigenvalue weighted by molar-refractivity contribution is 6.06. The van der Waals surface area contributed by atoms with Crippen molar-refractivity contribution in [1.82, 2.24) is 19.9 Å². The van der Waals surface area contributed by atoms with Gasteiger partial charge in [0.1, 0.15) is 5.82 Å². The molecule has 4 rings (SSSR count). The molecule has 0 aliphatic heterocycles. The maximum atomic E-state index is 12.7. The van der Waals surface area contributed by atoms with E-state index in [1.807, 2.05) is 80.1 Å². The van der Waals surface area contributed by atoms with Gasteiger partial charge in [-0.1, -0.05) is 49.7 Å². The van der Waals surface area contributed by atoms with Gasteiger partial charge in [0.15, 0.2) is 0 Å².